The van der Waals surface area contributed by atoms with Crippen molar-refractivity contribution in [3.05, 3.63) is 40.4 Å². The van der Waals surface area contributed by atoms with Gasteiger partial charge in [-0.15, -0.1) is 10.2 Å². The maximum absolute atomic E-state index is 12.8. The molecule has 1 aromatic heterocycles. The number of benzene rings is 1. The predicted octanol–water partition coefficient (Wildman–Crippen LogP) is 2.50. The molecule has 1 aromatic carbocycles. The van der Waals surface area contributed by atoms with Crippen LogP contribution in [0.15, 0.2) is 18.2 Å². The maximum Gasteiger partial charge on any atom is 0.320 e. The summed E-state index contributed by atoms with van der Waals surface area (Å²) in [6.07, 6.45) is 1.79. The van der Waals surface area contributed by atoms with E-state index in [0.717, 1.165) is 61.4 Å². The van der Waals surface area contributed by atoms with Crippen LogP contribution in [0.25, 0.3) is 5.69 Å². The Morgan fingerprint density at radius 2 is 1.80 bits per heavy atom. The van der Waals surface area contributed by atoms with E-state index in [1.54, 1.807) is 0 Å². The summed E-state index contributed by atoms with van der Waals surface area (Å²) in [5.41, 5.74) is 2.30. The Bertz CT molecular complexity index is 934. The van der Waals surface area contributed by atoms with E-state index < -0.39 is 0 Å². The van der Waals surface area contributed by atoms with Gasteiger partial charge in [0.1, 0.15) is 5.82 Å². The molecule has 0 bridgehead atoms. The van der Waals surface area contributed by atoms with Gasteiger partial charge >= 0.3 is 6.03 Å². The quantitative estimate of drug-likeness (QED) is 0.695. The number of ether oxygens (including phenoxy) is 1. The lowest BCUT2D eigenvalue weighted by Crippen LogP contribution is -2.50. The van der Waals surface area contributed by atoms with Crippen LogP contribution in [0.4, 0.5) is 4.79 Å². The van der Waals surface area contributed by atoms with Crippen molar-refractivity contribution in [3.8, 4) is 5.69 Å². The van der Waals surface area contributed by atoms with Crippen molar-refractivity contribution in [2.75, 3.05) is 46.4 Å². The highest BCUT2D eigenvalue weighted by molar-refractivity contribution is 6.30. The zero-order valence-corrected chi connectivity index (χ0v) is 18.0. The fourth-order valence-corrected chi connectivity index (χ4v) is 4.92. The van der Waals surface area contributed by atoms with Gasteiger partial charge in [-0.25, -0.2) is 4.79 Å². The average Bonchev–Trinajstić information content (AvgIpc) is 3.11. The minimum absolute atomic E-state index is 0.137. The van der Waals surface area contributed by atoms with E-state index in [4.69, 9.17) is 16.3 Å². The molecule has 9 heteroatoms. The van der Waals surface area contributed by atoms with Gasteiger partial charge in [0.05, 0.1) is 25.4 Å². The van der Waals surface area contributed by atoms with Crippen LogP contribution >= 0.6 is 11.6 Å². The molecule has 2 amide bonds. The van der Waals surface area contributed by atoms with Gasteiger partial charge in [-0.3, -0.25) is 9.47 Å². The molecule has 0 radical (unpaired) electrons. The number of carbonyl (C=O) groups excluding carboxylic acids is 1. The average molecular weight is 431 g/mol. The summed E-state index contributed by atoms with van der Waals surface area (Å²) in [5.74, 6) is 2.25. The van der Waals surface area contributed by atoms with Crippen LogP contribution < -0.4 is 0 Å². The number of hydrogen-bond donors (Lipinski definition) is 0. The fraction of sp³-hybridized carbons (Fsp3) is 0.571. The van der Waals surface area contributed by atoms with Gasteiger partial charge in [0.15, 0.2) is 5.82 Å². The first-order chi connectivity index (χ1) is 14.6. The smallest absolute Gasteiger partial charge is 0.320 e. The Kier molecular flexibility index (Phi) is 5.39. The molecule has 2 saturated heterocycles. The van der Waals surface area contributed by atoms with E-state index >= 15 is 0 Å². The summed E-state index contributed by atoms with van der Waals surface area (Å²) in [4.78, 5) is 18.9. The zero-order valence-electron chi connectivity index (χ0n) is 17.3. The minimum atomic E-state index is 0.137. The molecular weight excluding hydrogens is 404 g/mol. The first-order valence-electron chi connectivity index (χ1n) is 10.6. The number of rotatable bonds is 1. The molecule has 30 heavy (non-hydrogen) atoms. The van der Waals surface area contributed by atoms with Crippen molar-refractivity contribution >= 4 is 17.6 Å². The summed E-state index contributed by atoms with van der Waals surface area (Å²) in [6.45, 7) is 5.69. The van der Waals surface area contributed by atoms with Crippen LogP contribution in [0.3, 0.4) is 0 Å². The highest BCUT2D eigenvalue weighted by Crippen LogP contribution is 2.33. The van der Waals surface area contributed by atoms with Gasteiger partial charge in [-0.05, 0) is 43.7 Å². The molecule has 0 spiro atoms. The minimum Gasteiger partial charge on any atom is -0.378 e. The number of fused-ring (bicyclic) bond motifs is 3. The summed E-state index contributed by atoms with van der Waals surface area (Å²) < 4.78 is 7.59. The van der Waals surface area contributed by atoms with E-state index in [2.05, 4.69) is 32.8 Å². The van der Waals surface area contributed by atoms with Crippen LogP contribution in [0.5, 0.6) is 0 Å². The topological polar surface area (TPSA) is 66.7 Å². The number of halogens is 1. The van der Waals surface area contributed by atoms with Crippen molar-refractivity contribution in [1.29, 1.82) is 0 Å². The molecule has 8 nitrogen and oxygen atoms in total. The third-order valence-electron chi connectivity index (χ3n) is 6.30. The van der Waals surface area contributed by atoms with E-state index in [-0.39, 0.29) is 11.9 Å². The number of likely N-dealkylation sites (tertiary alicyclic amines) is 1. The molecule has 4 heterocycles. The molecule has 2 fully saturated rings. The highest BCUT2D eigenvalue weighted by Gasteiger charge is 2.32. The summed E-state index contributed by atoms with van der Waals surface area (Å²) in [5, 5.41) is 9.87. The molecule has 3 aliphatic heterocycles. The third kappa shape index (κ3) is 3.68. The molecular formula is C21H27ClN6O2. The van der Waals surface area contributed by atoms with Crippen molar-refractivity contribution in [3.63, 3.8) is 0 Å². The first kappa shape index (κ1) is 19.8. The molecule has 0 unspecified atom stereocenters. The molecule has 0 atom stereocenters. The molecule has 0 saturated carbocycles. The number of hydrogen-bond acceptors (Lipinski definition) is 5. The molecule has 0 aliphatic carbocycles. The Morgan fingerprint density at radius 1 is 1.07 bits per heavy atom. The number of aromatic nitrogens is 3. The Morgan fingerprint density at radius 3 is 2.57 bits per heavy atom. The number of piperidine rings is 1. The van der Waals surface area contributed by atoms with E-state index in [1.807, 2.05) is 21.9 Å². The number of morpholine rings is 1. The molecule has 5 rings (SSSR count). The predicted molar refractivity (Wildman–Crippen MR) is 113 cm³/mol. The lowest BCUT2D eigenvalue weighted by atomic mass is 9.95. The van der Waals surface area contributed by atoms with Crippen molar-refractivity contribution in [1.82, 2.24) is 29.5 Å². The van der Waals surface area contributed by atoms with Crippen LogP contribution in [-0.4, -0.2) is 81.9 Å². The maximum atomic E-state index is 12.8. The van der Waals surface area contributed by atoms with Gasteiger partial charge in [0, 0.05) is 43.7 Å². The first-order valence-corrected chi connectivity index (χ1v) is 11.0. The van der Waals surface area contributed by atoms with Crippen molar-refractivity contribution in [2.24, 2.45) is 0 Å². The van der Waals surface area contributed by atoms with E-state index in [0.29, 0.717) is 26.3 Å². The molecule has 3 aliphatic rings. The normalized spacial score (nSPS) is 20.6. The van der Waals surface area contributed by atoms with Gasteiger partial charge in [-0.2, -0.15) is 0 Å². The second-order valence-electron chi connectivity index (χ2n) is 8.40. The number of carbonyl (C=O) groups is 1. The number of nitrogens with zero attached hydrogens (tertiary/aromatic N) is 6. The van der Waals surface area contributed by atoms with E-state index in [1.165, 1.54) is 5.56 Å². The van der Waals surface area contributed by atoms with Crippen LogP contribution in [0.1, 0.15) is 36.0 Å². The van der Waals surface area contributed by atoms with Crippen LogP contribution in [-0.2, 0) is 17.8 Å². The summed E-state index contributed by atoms with van der Waals surface area (Å²) >= 11 is 6.27. The second-order valence-corrected chi connectivity index (χ2v) is 8.83. The van der Waals surface area contributed by atoms with Crippen molar-refractivity contribution in [2.45, 2.75) is 31.8 Å². The largest absolute Gasteiger partial charge is 0.378 e. The third-order valence-corrected chi connectivity index (χ3v) is 6.54. The number of urea groups is 1. The number of amides is 2. The molecule has 160 valence electrons. The SMILES string of the molecule is CN1Cc2cc(Cl)ccc2-n2c(nnc2C2CCN(C(=O)N3CCOCC3)CC2)C1. The van der Waals surface area contributed by atoms with Gasteiger partial charge < -0.3 is 14.5 Å². The van der Waals surface area contributed by atoms with E-state index in [9.17, 15) is 4.79 Å². The summed E-state index contributed by atoms with van der Waals surface area (Å²) in [6, 6.07) is 6.18. The Labute approximate surface area is 181 Å². The lowest BCUT2D eigenvalue weighted by Gasteiger charge is -2.36. The second kappa shape index (κ2) is 8.17. The fourth-order valence-electron chi connectivity index (χ4n) is 4.73. The van der Waals surface area contributed by atoms with Crippen LogP contribution in [0.2, 0.25) is 5.02 Å². The zero-order chi connectivity index (χ0) is 20.7. The van der Waals surface area contributed by atoms with Crippen LogP contribution in [0, 0.1) is 0 Å². The van der Waals surface area contributed by atoms with Gasteiger partial charge in [0.2, 0.25) is 0 Å². The van der Waals surface area contributed by atoms with Gasteiger partial charge in [-0.1, -0.05) is 11.6 Å². The Hall–Kier alpha value is -2.16. The summed E-state index contributed by atoms with van der Waals surface area (Å²) in [7, 11) is 2.09. The Balaban J connectivity index is 1.36. The highest BCUT2D eigenvalue weighted by atomic mass is 35.5. The molecule has 2 aromatic rings. The lowest BCUT2D eigenvalue weighted by molar-refractivity contribution is 0.0410. The molecule has 0 N–H and O–H groups in total. The van der Waals surface area contributed by atoms with Crippen molar-refractivity contribution < 1.29 is 9.53 Å². The van der Waals surface area contributed by atoms with Gasteiger partial charge in [0.25, 0.3) is 0 Å². The standard InChI is InChI=1S/C21H27ClN6O2/c1-25-13-16-12-17(22)2-3-18(16)28-19(14-25)23-24-20(28)15-4-6-26(7-5-15)21(29)27-8-10-30-11-9-27/h2-3,12,15H,4-11,13-14H2,1H3. The monoisotopic (exact) mass is 430 g/mol.